The molecule has 0 atom stereocenters. The third-order valence-electron chi connectivity index (χ3n) is 4.68. The molecule has 1 N–H and O–H groups in total. The van der Waals surface area contributed by atoms with E-state index in [9.17, 15) is 4.79 Å². The van der Waals surface area contributed by atoms with Gasteiger partial charge in [0, 0.05) is 43.9 Å². The normalized spacial score (nSPS) is 14.3. The van der Waals surface area contributed by atoms with Gasteiger partial charge in [-0.05, 0) is 30.7 Å². The number of unbranched alkanes of at least 4 members (excludes halogenated alkanes) is 1. The van der Waals surface area contributed by atoms with Crippen molar-refractivity contribution in [3.63, 3.8) is 0 Å². The minimum Gasteiger partial charge on any atom is -0.494 e. The highest BCUT2D eigenvalue weighted by atomic mass is 16.5. The Labute approximate surface area is 171 Å². The molecular weight excluding hydrogens is 372 g/mol. The fourth-order valence-electron chi connectivity index (χ4n) is 3.01. The van der Waals surface area contributed by atoms with Gasteiger partial charge < -0.3 is 24.4 Å². The maximum absolute atomic E-state index is 12.5. The molecule has 0 bridgehead atoms. The van der Waals surface area contributed by atoms with Gasteiger partial charge in [0.1, 0.15) is 11.9 Å². The lowest BCUT2D eigenvalue weighted by Crippen LogP contribution is -2.43. The number of hydrogen-bond donors (Lipinski definition) is 1. The highest BCUT2D eigenvalue weighted by Crippen LogP contribution is 2.20. The predicted octanol–water partition coefficient (Wildman–Crippen LogP) is 3.74. The van der Waals surface area contributed by atoms with Gasteiger partial charge in [-0.1, -0.05) is 13.3 Å². The molecule has 0 unspecified atom stereocenters. The number of nitrogens with one attached hydrogen (secondary N) is 1. The number of ether oxygens (including phenoxy) is 3. The van der Waals surface area contributed by atoms with Crippen LogP contribution in [0.15, 0.2) is 36.5 Å². The molecular formula is C21H28N4O4. The standard InChI is InChI=1S/C21H28N4O4/c1-3-4-15-28-17-7-5-16(6-8-17)23-21(26)25-13-10-18(11-14-25)29-19-9-12-22-20(24-19)27-2/h5-9,12,18H,3-4,10-11,13-15H2,1-2H3,(H,23,26). The van der Waals surface area contributed by atoms with Crippen LogP contribution in [0, 0.1) is 0 Å². The van der Waals surface area contributed by atoms with Crippen molar-refractivity contribution in [2.75, 3.05) is 32.1 Å². The number of aromatic nitrogens is 2. The van der Waals surface area contributed by atoms with Gasteiger partial charge in [0.25, 0.3) is 0 Å². The first-order valence-electron chi connectivity index (χ1n) is 10.0. The van der Waals surface area contributed by atoms with Crippen LogP contribution < -0.4 is 19.5 Å². The Morgan fingerprint density at radius 3 is 2.66 bits per heavy atom. The number of urea groups is 1. The lowest BCUT2D eigenvalue weighted by atomic mass is 10.1. The second-order valence-corrected chi connectivity index (χ2v) is 6.84. The summed E-state index contributed by atoms with van der Waals surface area (Å²) in [5.74, 6) is 1.30. The Balaban J connectivity index is 1.43. The summed E-state index contributed by atoms with van der Waals surface area (Å²) in [6.45, 7) is 4.08. The fourth-order valence-corrected chi connectivity index (χ4v) is 3.01. The molecule has 3 rings (SSSR count). The van der Waals surface area contributed by atoms with Crippen molar-refractivity contribution in [2.45, 2.75) is 38.7 Å². The molecule has 29 heavy (non-hydrogen) atoms. The second kappa shape index (κ2) is 10.5. The Bertz CT molecular complexity index is 777. The van der Waals surface area contributed by atoms with Crippen molar-refractivity contribution in [1.82, 2.24) is 14.9 Å². The van der Waals surface area contributed by atoms with Crippen LogP contribution in [-0.4, -0.2) is 53.8 Å². The van der Waals surface area contributed by atoms with E-state index in [1.807, 2.05) is 24.3 Å². The summed E-state index contributed by atoms with van der Waals surface area (Å²) in [4.78, 5) is 22.4. The second-order valence-electron chi connectivity index (χ2n) is 6.84. The molecule has 8 nitrogen and oxygen atoms in total. The van der Waals surface area contributed by atoms with Crippen LogP contribution in [0.25, 0.3) is 0 Å². The van der Waals surface area contributed by atoms with E-state index in [4.69, 9.17) is 14.2 Å². The van der Waals surface area contributed by atoms with Crippen LogP contribution in [0.2, 0.25) is 0 Å². The lowest BCUT2D eigenvalue weighted by Gasteiger charge is -2.31. The van der Waals surface area contributed by atoms with Crippen molar-refractivity contribution >= 4 is 11.7 Å². The monoisotopic (exact) mass is 400 g/mol. The maximum Gasteiger partial charge on any atom is 0.321 e. The molecule has 1 aliphatic heterocycles. The number of methoxy groups -OCH3 is 1. The predicted molar refractivity (Wildman–Crippen MR) is 110 cm³/mol. The van der Waals surface area contributed by atoms with Gasteiger partial charge in [0.15, 0.2) is 0 Å². The van der Waals surface area contributed by atoms with Gasteiger partial charge in [-0.25, -0.2) is 9.78 Å². The Morgan fingerprint density at radius 1 is 1.21 bits per heavy atom. The highest BCUT2D eigenvalue weighted by molar-refractivity contribution is 5.89. The molecule has 2 heterocycles. The zero-order valence-corrected chi connectivity index (χ0v) is 17.0. The fraction of sp³-hybridized carbons (Fsp3) is 0.476. The Morgan fingerprint density at radius 2 is 1.97 bits per heavy atom. The first-order valence-corrected chi connectivity index (χ1v) is 10.0. The minimum absolute atomic E-state index is 0.0122. The molecule has 1 aromatic heterocycles. The molecule has 0 radical (unpaired) electrons. The molecule has 156 valence electrons. The third-order valence-corrected chi connectivity index (χ3v) is 4.68. The molecule has 1 aromatic carbocycles. The third kappa shape index (κ3) is 6.23. The van der Waals surface area contributed by atoms with E-state index in [0.717, 1.165) is 37.1 Å². The van der Waals surface area contributed by atoms with E-state index in [2.05, 4.69) is 22.2 Å². The van der Waals surface area contributed by atoms with Crippen LogP contribution >= 0.6 is 0 Å². The molecule has 0 saturated carbocycles. The van der Waals surface area contributed by atoms with Gasteiger partial charge in [-0.2, -0.15) is 4.98 Å². The molecule has 1 saturated heterocycles. The molecule has 8 heteroatoms. The lowest BCUT2D eigenvalue weighted by molar-refractivity contribution is 0.110. The first kappa shape index (κ1) is 20.7. The smallest absolute Gasteiger partial charge is 0.321 e. The van der Waals surface area contributed by atoms with Gasteiger partial charge in [0.05, 0.1) is 13.7 Å². The Hall–Kier alpha value is -3.03. The number of carbonyl (C=O) groups excluding carboxylic acids is 1. The average molecular weight is 400 g/mol. The quantitative estimate of drug-likeness (QED) is 0.680. The van der Waals surface area contributed by atoms with Gasteiger partial charge >= 0.3 is 12.0 Å². The van der Waals surface area contributed by atoms with E-state index in [-0.39, 0.29) is 18.1 Å². The van der Waals surface area contributed by atoms with Gasteiger partial charge in [-0.3, -0.25) is 0 Å². The maximum atomic E-state index is 12.5. The summed E-state index contributed by atoms with van der Waals surface area (Å²) in [6.07, 6.45) is 5.22. The minimum atomic E-state index is -0.105. The average Bonchev–Trinajstić information content (AvgIpc) is 2.76. The number of carbonyl (C=O) groups is 1. The number of likely N-dealkylation sites (tertiary alicyclic amines) is 1. The van der Waals surface area contributed by atoms with Crippen LogP contribution in [-0.2, 0) is 0 Å². The summed E-state index contributed by atoms with van der Waals surface area (Å²) in [5, 5.41) is 2.94. The molecule has 1 fully saturated rings. The van der Waals surface area contributed by atoms with Crippen LogP contribution in [0.3, 0.4) is 0 Å². The number of rotatable bonds is 8. The topological polar surface area (TPSA) is 85.8 Å². The number of benzene rings is 1. The van der Waals surface area contributed by atoms with Gasteiger partial charge in [0.2, 0.25) is 5.88 Å². The van der Waals surface area contributed by atoms with Crippen LogP contribution in [0.5, 0.6) is 17.6 Å². The van der Waals surface area contributed by atoms with Crippen LogP contribution in [0.4, 0.5) is 10.5 Å². The van der Waals surface area contributed by atoms with E-state index >= 15 is 0 Å². The zero-order valence-electron chi connectivity index (χ0n) is 17.0. The van der Waals surface area contributed by atoms with Gasteiger partial charge in [-0.15, -0.1) is 0 Å². The van der Waals surface area contributed by atoms with E-state index < -0.39 is 0 Å². The zero-order chi connectivity index (χ0) is 20.5. The van der Waals surface area contributed by atoms with Crippen molar-refractivity contribution in [2.24, 2.45) is 0 Å². The summed E-state index contributed by atoms with van der Waals surface area (Å²) in [7, 11) is 1.52. The molecule has 0 aliphatic carbocycles. The van der Waals surface area contributed by atoms with Crippen LogP contribution in [0.1, 0.15) is 32.6 Å². The van der Waals surface area contributed by atoms with Crippen molar-refractivity contribution in [3.05, 3.63) is 36.5 Å². The number of nitrogens with zero attached hydrogens (tertiary/aromatic N) is 3. The van der Waals surface area contributed by atoms with Crippen molar-refractivity contribution in [1.29, 1.82) is 0 Å². The first-order chi connectivity index (χ1) is 14.2. The molecule has 1 aliphatic rings. The highest BCUT2D eigenvalue weighted by Gasteiger charge is 2.24. The Kier molecular flexibility index (Phi) is 7.49. The summed E-state index contributed by atoms with van der Waals surface area (Å²) >= 11 is 0. The number of piperidine rings is 1. The molecule has 0 spiro atoms. The van der Waals surface area contributed by atoms with Crippen molar-refractivity contribution in [3.8, 4) is 17.6 Å². The van der Waals surface area contributed by atoms with E-state index in [1.165, 1.54) is 7.11 Å². The largest absolute Gasteiger partial charge is 0.494 e. The number of hydrogen-bond acceptors (Lipinski definition) is 6. The summed E-state index contributed by atoms with van der Waals surface area (Å²) < 4.78 is 16.5. The number of anilines is 1. The van der Waals surface area contributed by atoms with E-state index in [1.54, 1.807) is 17.2 Å². The van der Waals surface area contributed by atoms with E-state index in [0.29, 0.717) is 25.6 Å². The summed E-state index contributed by atoms with van der Waals surface area (Å²) in [5.41, 5.74) is 0.754. The molecule has 2 aromatic rings. The molecule has 2 amide bonds. The summed E-state index contributed by atoms with van der Waals surface area (Å²) in [6, 6.07) is 9.35. The van der Waals surface area contributed by atoms with Crippen molar-refractivity contribution < 1.29 is 19.0 Å². The SMILES string of the molecule is CCCCOc1ccc(NC(=O)N2CCC(Oc3ccnc(OC)n3)CC2)cc1. The number of amides is 2.